The summed E-state index contributed by atoms with van der Waals surface area (Å²) in [5.41, 5.74) is 0.272. The minimum atomic E-state index is 0.163. The summed E-state index contributed by atoms with van der Waals surface area (Å²) in [5.74, 6) is 1.69. The lowest BCUT2D eigenvalue weighted by atomic mass is 9.90. The first-order valence-corrected chi connectivity index (χ1v) is 7.46. The zero-order chi connectivity index (χ0) is 15.0. The molecule has 1 aromatic carbocycles. The molecular weight excluding hydrogens is 274 g/mol. The van der Waals surface area contributed by atoms with Gasteiger partial charge in [0.25, 0.3) is 0 Å². The smallest absolute Gasteiger partial charge is 0.119 e. The van der Waals surface area contributed by atoms with Crippen LogP contribution in [-0.4, -0.2) is 32.2 Å². The van der Waals surface area contributed by atoms with Gasteiger partial charge in [-0.2, -0.15) is 0 Å². The van der Waals surface area contributed by atoms with Crippen molar-refractivity contribution in [2.75, 3.05) is 26.8 Å². The normalized spacial score (nSPS) is 13.1. The molecule has 20 heavy (non-hydrogen) atoms. The summed E-state index contributed by atoms with van der Waals surface area (Å²) in [6.45, 7) is 8.84. The van der Waals surface area contributed by atoms with E-state index in [1.165, 1.54) is 0 Å². The second-order valence-corrected chi connectivity index (χ2v) is 6.71. The van der Waals surface area contributed by atoms with E-state index in [9.17, 15) is 0 Å². The molecule has 0 radical (unpaired) electrons. The SMILES string of the molecule is COc1ccc(OCCNCC(Cl)CC(C)(C)C)cc1. The quantitative estimate of drug-likeness (QED) is 0.586. The summed E-state index contributed by atoms with van der Waals surface area (Å²) in [6.07, 6.45) is 1.00. The Balaban J connectivity index is 2.12. The van der Waals surface area contributed by atoms with Crippen molar-refractivity contribution < 1.29 is 9.47 Å². The Hall–Kier alpha value is -0.930. The van der Waals surface area contributed by atoms with Gasteiger partial charge in [0.15, 0.2) is 0 Å². The summed E-state index contributed by atoms with van der Waals surface area (Å²) in [4.78, 5) is 0. The summed E-state index contributed by atoms with van der Waals surface area (Å²) in [6, 6.07) is 7.59. The highest BCUT2D eigenvalue weighted by molar-refractivity contribution is 6.20. The lowest BCUT2D eigenvalue weighted by Gasteiger charge is -2.22. The fraction of sp³-hybridized carbons (Fsp3) is 0.625. The molecule has 1 rings (SSSR count). The van der Waals surface area contributed by atoms with E-state index in [4.69, 9.17) is 21.1 Å². The van der Waals surface area contributed by atoms with Crippen LogP contribution in [0.5, 0.6) is 11.5 Å². The molecule has 0 aromatic heterocycles. The Kier molecular flexibility index (Phi) is 7.17. The first-order chi connectivity index (χ1) is 9.40. The zero-order valence-electron chi connectivity index (χ0n) is 12.9. The van der Waals surface area contributed by atoms with Crippen molar-refractivity contribution in [2.45, 2.75) is 32.6 Å². The second-order valence-electron chi connectivity index (χ2n) is 6.09. The molecule has 1 aromatic rings. The molecule has 114 valence electrons. The predicted molar refractivity (Wildman–Crippen MR) is 85.1 cm³/mol. The third-order valence-corrected chi connectivity index (χ3v) is 3.12. The van der Waals surface area contributed by atoms with Gasteiger partial charge in [-0.1, -0.05) is 20.8 Å². The molecule has 0 saturated heterocycles. The van der Waals surface area contributed by atoms with Crippen LogP contribution in [0.1, 0.15) is 27.2 Å². The van der Waals surface area contributed by atoms with Crippen LogP contribution in [0, 0.1) is 5.41 Å². The minimum Gasteiger partial charge on any atom is -0.497 e. The van der Waals surface area contributed by atoms with E-state index >= 15 is 0 Å². The van der Waals surface area contributed by atoms with Gasteiger partial charge in [0.2, 0.25) is 0 Å². The van der Waals surface area contributed by atoms with E-state index in [-0.39, 0.29) is 10.8 Å². The number of ether oxygens (including phenoxy) is 2. The summed E-state index contributed by atoms with van der Waals surface area (Å²) < 4.78 is 10.7. The van der Waals surface area contributed by atoms with Crippen LogP contribution in [0.15, 0.2) is 24.3 Å². The number of halogens is 1. The van der Waals surface area contributed by atoms with E-state index in [1.807, 2.05) is 24.3 Å². The molecule has 4 heteroatoms. The van der Waals surface area contributed by atoms with Gasteiger partial charge in [-0.3, -0.25) is 0 Å². The summed E-state index contributed by atoms with van der Waals surface area (Å²) >= 11 is 6.28. The van der Waals surface area contributed by atoms with Gasteiger partial charge in [-0.25, -0.2) is 0 Å². The van der Waals surface area contributed by atoms with Gasteiger partial charge in [-0.15, -0.1) is 11.6 Å². The summed E-state index contributed by atoms with van der Waals surface area (Å²) in [7, 11) is 1.65. The number of nitrogens with one attached hydrogen (secondary N) is 1. The van der Waals surface area contributed by atoms with E-state index in [2.05, 4.69) is 26.1 Å². The van der Waals surface area contributed by atoms with Crippen molar-refractivity contribution in [1.29, 1.82) is 0 Å². The highest BCUT2D eigenvalue weighted by atomic mass is 35.5. The van der Waals surface area contributed by atoms with Crippen molar-refractivity contribution in [1.82, 2.24) is 5.32 Å². The monoisotopic (exact) mass is 299 g/mol. The maximum atomic E-state index is 6.28. The number of rotatable bonds is 8. The van der Waals surface area contributed by atoms with Crippen LogP contribution in [0.2, 0.25) is 0 Å². The van der Waals surface area contributed by atoms with Crippen molar-refractivity contribution in [3.63, 3.8) is 0 Å². The first kappa shape index (κ1) is 17.1. The fourth-order valence-electron chi connectivity index (χ4n) is 1.91. The van der Waals surface area contributed by atoms with Crippen LogP contribution in [0.4, 0.5) is 0 Å². The Bertz CT molecular complexity index is 373. The molecule has 0 spiro atoms. The van der Waals surface area contributed by atoms with E-state index < -0.39 is 0 Å². The van der Waals surface area contributed by atoms with Gasteiger partial charge in [0.05, 0.1) is 7.11 Å². The van der Waals surface area contributed by atoms with Crippen molar-refractivity contribution >= 4 is 11.6 Å². The Morgan fingerprint density at radius 2 is 1.75 bits per heavy atom. The lowest BCUT2D eigenvalue weighted by Crippen LogP contribution is -2.29. The Morgan fingerprint density at radius 1 is 1.15 bits per heavy atom. The highest BCUT2D eigenvalue weighted by Crippen LogP contribution is 2.23. The maximum Gasteiger partial charge on any atom is 0.119 e. The van der Waals surface area contributed by atoms with Crippen molar-refractivity contribution in [2.24, 2.45) is 5.41 Å². The fourth-order valence-corrected chi connectivity index (χ4v) is 2.48. The molecule has 0 saturated carbocycles. The molecule has 0 bridgehead atoms. The van der Waals surface area contributed by atoms with Crippen LogP contribution >= 0.6 is 11.6 Å². The lowest BCUT2D eigenvalue weighted by molar-refractivity contribution is 0.309. The Morgan fingerprint density at radius 3 is 2.30 bits per heavy atom. The number of alkyl halides is 1. The number of benzene rings is 1. The molecule has 3 nitrogen and oxygen atoms in total. The van der Waals surface area contributed by atoms with Gasteiger partial charge < -0.3 is 14.8 Å². The van der Waals surface area contributed by atoms with E-state index in [0.717, 1.165) is 31.0 Å². The topological polar surface area (TPSA) is 30.5 Å². The molecule has 0 fully saturated rings. The van der Waals surface area contributed by atoms with Gasteiger partial charge in [0, 0.05) is 18.5 Å². The molecule has 1 N–H and O–H groups in total. The molecule has 0 aliphatic rings. The zero-order valence-corrected chi connectivity index (χ0v) is 13.7. The van der Waals surface area contributed by atoms with Gasteiger partial charge in [-0.05, 0) is 36.1 Å². The molecule has 0 amide bonds. The van der Waals surface area contributed by atoms with Crippen molar-refractivity contribution in [3.8, 4) is 11.5 Å². The third-order valence-electron chi connectivity index (χ3n) is 2.81. The maximum absolute atomic E-state index is 6.28. The highest BCUT2D eigenvalue weighted by Gasteiger charge is 2.16. The molecule has 0 aliphatic heterocycles. The largest absolute Gasteiger partial charge is 0.497 e. The number of hydrogen-bond acceptors (Lipinski definition) is 3. The molecule has 0 aliphatic carbocycles. The van der Waals surface area contributed by atoms with Gasteiger partial charge >= 0.3 is 0 Å². The molecular formula is C16H26ClNO2. The van der Waals surface area contributed by atoms with Crippen LogP contribution < -0.4 is 14.8 Å². The standard InChI is InChI=1S/C16H26ClNO2/c1-16(2,3)11-13(17)12-18-9-10-20-15-7-5-14(19-4)6-8-15/h5-8,13,18H,9-12H2,1-4H3. The summed E-state index contributed by atoms with van der Waals surface area (Å²) in [5, 5.41) is 3.48. The molecule has 0 heterocycles. The first-order valence-electron chi connectivity index (χ1n) is 7.02. The van der Waals surface area contributed by atoms with E-state index in [0.29, 0.717) is 6.61 Å². The van der Waals surface area contributed by atoms with Crippen LogP contribution in [0.25, 0.3) is 0 Å². The molecule has 1 unspecified atom stereocenters. The Labute approximate surface area is 127 Å². The number of methoxy groups -OCH3 is 1. The second kappa shape index (κ2) is 8.38. The molecule has 1 atom stereocenters. The minimum absolute atomic E-state index is 0.163. The third kappa shape index (κ3) is 7.61. The predicted octanol–water partition coefficient (Wildman–Crippen LogP) is 3.71. The van der Waals surface area contributed by atoms with Gasteiger partial charge in [0.1, 0.15) is 18.1 Å². The number of hydrogen-bond donors (Lipinski definition) is 1. The average molecular weight is 300 g/mol. The van der Waals surface area contributed by atoms with Crippen LogP contribution in [-0.2, 0) is 0 Å². The van der Waals surface area contributed by atoms with Crippen molar-refractivity contribution in [3.05, 3.63) is 24.3 Å². The van der Waals surface area contributed by atoms with E-state index in [1.54, 1.807) is 7.11 Å². The van der Waals surface area contributed by atoms with Crippen LogP contribution in [0.3, 0.4) is 0 Å². The average Bonchev–Trinajstić information content (AvgIpc) is 2.37.